The van der Waals surface area contributed by atoms with E-state index in [0.717, 1.165) is 54.1 Å². The lowest BCUT2D eigenvalue weighted by Gasteiger charge is -2.20. The molecule has 1 fully saturated rings. The predicted octanol–water partition coefficient (Wildman–Crippen LogP) is 7.10. The van der Waals surface area contributed by atoms with E-state index in [2.05, 4.69) is 73.9 Å². The number of imidazole rings is 1. The molecule has 0 bridgehead atoms. The van der Waals surface area contributed by atoms with E-state index in [0.29, 0.717) is 25.5 Å². The quantitative estimate of drug-likeness (QED) is 0.220. The van der Waals surface area contributed by atoms with Crippen molar-refractivity contribution in [2.75, 3.05) is 18.1 Å². The molecule has 5 nitrogen and oxygen atoms in total. The number of hydrogen-bond acceptors (Lipinski definition) is 3. The van der Waals surface area contributed by atoms with Crippen LogP contribution in [0.5, 0.6) is 5.75 Å². The Morgan fingerprint density at radius 2 is 1.73 bits per heavy atom. The number of aromatic nitrogens is 2. The lowest BCUT2D eigenvalue weighted by Crippen LogP contribution is -2.25. The number of benzene rings is 3. The number of rotatable bonds is 10. The summed E-state index contributed by atoms with van der Waals surface area (Å²) >= 11 is 0. The maximum atomic E-state index is 13.1. The zero-order valence-electron chi connectivity index (χ0n) is 22.2. The van der Waals surface area contributed by atoms with Crippen LogP contribution in [0.1, 0.15) is 68.8 Å². The standard InChI is InChI=1S/C32H37N3O2/c1-4-24-13-5-8-16-28(24)35-22-25(21-31(35)36)32-33-27-15-7-9-17-29(27)34(32)19-11-12-20-37-30-18-10-6-14-26(30)23(2)3/h5-10,13-18,23,25H,4,11-12,19-22H2,1-3H3. The molecule has 37 heavy (non-hydrogen) atoms. The first kappa shape index (κ1) is 25.1. The molecule has 1 aliphatic heterocycles. The largest absolute Gasteiger partial charge is 0.493 e. The molecule has 1 aliphatic rings. The van der Waals surface area contributed by atoms with Gasteiger partial charge >= 0.3 is 0 Å². The average Bonchev–Trinajstić information content (AvgIpc) is 3.49. The van der Waals surface area contributed by atoms with Crippen LogP contribution in [-0.4, -0.2) is 28.6 Å². The molecule has 1 saturated heterocycles. The summed E-state index contributed by atoms with van der Waals surface area (Å²) in [5.41, 5.74) is 5.65. The van der Waals surface area contributed by atoms with E-state index in [1.165, 1.54) is 11.1 Å². The summed E-state index contributed by atoms with van der Waals surface area (Å²) in [7, 11) is 0. The molecule has 5 rings (SSSR count). The Morgan fingerprint density at radius 3 is 2.57 bits per heavy atom. The number of anilines is 1. The van der Waals surface area contributed by atoms with Crippen molar-refractivity contribution in [3.63, 3.8) is 0 Å². The molecule has 0 saturated carbocycles. The highest BCUT2D eigenvalue weighted by Crippen LogP contribution is 2.35. The Labute approximate surface area is 220 Å². The van der Waals surface area contributed by atoms with Gasteiger partial charge in [0.05, 0.1) is 17.6 Å². The fourth-order valence-corrected chi connectivity index (χ4v) is 5.47. The molecule has 0 radical (unpaired) electrons. The molecule has 5 heteroatoms. The van der Waals surface area contributed by atoms with Crippen molar-refractivity contribution in [2.24, 2.45) is 0 Å². The van der Waals surface area contributed by atoms with Gasteiger partial charge in [-0.3, -0.25) is 4.79 Å². The summed E-state index contributed by atoms with van der Waals surface area (Å²) in [4.78, 5) is 20.1. The maximum Gasteiger partial charge on any atom is 0.227 e. The van der Waals surface area contributed by atoms with Crippen LogP contribution in [-0.2, 0) is 17.8 Å². The van der Waals surface area contributed by atoms with Crippen molar-refractivity contribution in [2.45, 2.75) is 64.8 Å². The number of carbonyl (C=O) groups is 1. The number of para-hydroxylation sites is 4. The Morgan fingerprint density at radius 1 is 0.973 bits per heavy atom. The molecule has 0 spiro atoms. The fourth-order valence-electron chi connectivity index (χ4n) is 5.47. The number of aryl methyl sites for hydroxylation is 2. The van der Waals surface area contributed by atoms with Crippen LogP contribution in [0.25, 0.3) is 11.0 Å². The number of carbonyl (C=O) groups excluding carboxylic acids is 1. The van der Waals surface area contributed by atoms with Crippen molar-refractivity contribution in [1.82, 2.24) is 9.55 Å². The smallest absolute Gasteiger partial charge is 0.227 e. The number of ether oxygens (including phenoxy) is 1. The second-order valence-corrected chi connectivity index (χ2v) is 10.2. The second kappa shape index (κ2) is 11.2. The van der Waals surface area contributed by atoms with Crippen molar-refractivity contribution < 1.29 is 9.53 Å². The number of hydrogen-bond donors (Lipinski definition) is 0. The molecule has 4 aromatic rings. The van der Waals surface area contributed by atoms with Gasteiger partial charge in [-0.05, 0) is 60.6 Å². The van der Waals surface area contributed by atoms with Gasteiger partial charge in [0.25, 0.3) is 0 Å². The minimum atomic E-state index is 0.0824. The van der Waals surface area contributed by atoms with Crippen LogP contribution in [0.3, 0.4) is 0 Å². The van der Waals surface area contributed by atoms with Gasteiger partial charge < -0.3 is 14.2 Å². The van der Waals surface area contributed by atoms with E-state index in [1.54, 1.807) is 0 Å². The van der Waals surface area contributed by atoms with E-state index in [-0.39, 0.29) is 11.8 Å². The van der Waals surface area contributed by atoms with Crippen LogP contribution in [0.4, 0.5) is 5.69 Å². The third kappa shape index (κ3) is 5.27. The van der Waals surface area contributed by atoms with Gasteiger partial charge in [-0.15, -0.1) is 0 Å². The first-order chi connectivity index (χ1) is 18.1. The first-order valence-corrected chi connectivity index (χ1v) is 13.6. The first-order valence-electron chi connectivity index (χ1n) is 13.6. The van der Waals surface area contributed by atoms with Gasteiger partial charge in [-0.2, -0.15) is 0 Å². The van der Waals surface area contributed by atoms with E-state index in [1.807, 2.05) is 29.2 Å². The van der Waals surface area contributed by atoms with E-state index >= 15 is 0 Å². The van der Waals surface area contributed by atoms with Gasteiger partial charge in [-0.1, -0.05) is 69.3 Å². The molecule has 3 aromatic carbocycles. The Balaban J connectivity index is 1.30. The molecule has 1 unspecified atom stereocenters. The highest BCUT2D eigenvalue weighted by atomic mass is 16.5. The summed E-state index contributed by atoms with van der Waals surface area (Å²) in [6.45, 7) is 8.76. The molecule has 1 aromatic heterocycles. The average molecular weight is 496 g/mol. The van der Waals surface area contributed by atoms with E-state index < -0.39 is 0 Å². The monoisotopic (exact) mass is 495 g/mol. The second-order valence-electron chi connectivity index (χ2n) is 10.2. The number of unbranched alkanes of at least 4 members (excludes halogenated alkanes) is 1. The fraction of sp³-hybridized carbons (Fsp3) is 0.375. The van der Waals surface area contributed by atoms with E-state index in [4.69, 9.17) is 9.72 Å². The van der Waals surface area contributed by atoms with Crippen molar-refractivity contribution in [3.05, 3.63) is 89.7 Å². The molecule has 1 atom stereocenters. The zero-order chi connectivity index (χ0) is 25.8. The predicted molar refractivity (Wildman–Crippen MR) is 151 cm³/mol. The van der Waals surface area contributed by atoms with Gasteiger partial charge in [0.15, 0.2) is 0 Å². The van der Waals surface area contributed by atoms with Crippen molar-refractivity contribution >= 4 is 22.6 Å². The minimum Gasteiger partial charge on any atom is -0.493 e. The summed E-state index contributed by atoms with van der Waals surface area (Å²) in [5, 5.41) is 0. The normalized spacial score (nSPS) is 15.7. The highest BCUT2D eigenvalue weighted by molar-refractivity contribution is 5.97. The highest BCUT2D eigenvalue weighted by Gasteiger charge is 2.35. The van der Waals surface area contributed by atoms with Crippen LogP contribution >= 0.6 is 0 Å². The molecule has 2 heterocycles. The SMILES string of the molecule is CCc1ccccc1N1CC(c2nc3ccccc3n2CCCCOc2ccccc2C(C)C)CC1=O. The summed E-state index contributed by atoms with van der Waals surface area (Å²) in [6, 6.07) is 24.9. The lowest BCUT2D eigenvalue weighted by molar-refractivity contribution is -0.117. The minimum absolute atomic E-state index is 0.0824. The molecular weight excluding hydrogens is 458 g/mol. The van der Waals surface area contributed by atoms with E-state index in [9.17, 15) is 4.79 Å². The summed E-state index contributed by atoms with van der Waals surface area (Å²) in [5.74, 6) is 2.72. The van der Waals surface area contributed by atoms with Gasteiger partial charge in [0.1, 0.15) is 11.6 Å². The van der Waals surface area contributed by atoms with Crippen molar-refractivity contribution in [1.29, 1.82) is 0 Å². The van der Waals surface area contributed by atoms with Crippen molar-refractivity contribution in [3.8, 4) is 5.75 Å². The third-order valence-electron chi connectivity index (χ3n) is 7.41. The van der Waals surface area contributed by atoms with Gasteiger partial charge in [-0.25, -0.2) is 4.98 Å². The van der Waals surface area contributed by atoms with Crippen LogP contribution in [0, 0.1) is 0 Å². The molecule has 192 valence electrons. The number of fused-ring (bicyclic) bond motifs is 1. The van der Waals surface area contributed by atoms with Gasteiger partial charge in [0.2, 0.25) is 5.91 Å². The van der Waals surface area contributed by atoms with Gasteiger partial charge in [0, 0.05) is 31.1 Å². The molecule has 0 N–H and O–H groups in total. The maximum absolute atomic E-state index is 13.1. The Hall–Kier alpha value is -3.60. The molecule has 0 aliphatic carbocycles. The zero-order valence-corrected chi connectivity index (χ0v) is 22.2. The third-order valence-corrected chi connectivity index (χ3v) is 7.41. The number of nitrogens with zero attached hydrogens (tertiary/aromatic N) is 3. The van der Waals surface area contributed by atoms with Crippen LogP contribution in [0.2, 0.25) is 0 Å². The van der Waals surface area contributed by atoms with Crippen LogP contribution < -0.4 is 9.64 Å². The number of amides is 1. The summed E-state index contributed by atoms with van der Waals surface area (Å²) < 4.78 is 8.50. The summed E-state index contributed by atoms with van der Waals surface area (Å²) in [6.07, 6.45) is 3.35. The van der Waals surface area contributed by atoms with Crippen LogP contribution in [0.15, 0.2) is 72.8 Å². The Bertz CT molecular complexity index is 1370. The molecular formula is C32H37N3O2. The Kier molecular flexibility index (Phi) is 7.59. The lowest BCUT2D eigenvalue weighted by atomic mass is 10.0. The molecule has 1 amide bonds. The topological polar surface area (TPSA) is 47.4 Å².